The van der Waals surface area contributed by atoms with Gasteiger partial charge in [-0.1, -0.05) is 13.0 Å². The molecule has 2 N–H and O–H groups in total. The minimum absolute atomic E-state index is 0.145. The first-order valence-corrected chi connectivity index (χ1v) is 9.13. The van der Waals surface area contributed by atoms with E-state index in [2.05, 4.69) is 46.2 Å². The predicted octanol–water partition coefficient (Wildman–Crippen LogP) is 4.17. The maximum Gasteiger partial charge on any atom is 0.255 e. The second-order valence-corrected chi connectivity index (χ2v) is 6.77. The van der Waals surface area contributed by atoms with Crippen LogP contribution in [0.5, 0.6) is 0 Å². The van der Waals surface area contributed by atoms with Gasteiger partial charge in [-0.05, 0) is 55.2 Å². The molecule has 2 aromatic rings. The van der Waals surface area contributed by atoms with Crippen LogP contribution in [0.25, 0.3) is 0 Å². The number of anilines is 3. The van der Waals surface area contributed by atoms with Crippen LogP contribution in [0.1, 0.15) is 30.1 Å². The van der Waals surface area contributed by atoms with E-state index in [9.17, 15) is 4.79 Å². The molecule has 5 heteroatoms. The molecule has 0 spiro atoms. The van der Waals surface area contributed by atoms with E-state index in [1.807, 2.05) is 12.1 Å². The number of piperidine rings is 1. The van der Waals surface area contributed by atoms with Crippen molar-refractivity contribution in [1.82, 2.24) is 4.98 Å². The van der Waals surface area contributed by atoms with Gasteiger partial charge >= 0.3 is 0 Å². The van der Waals surface area contributed by atoms with Gasteiger partial charge in [0.15, 0.2) is 0 Å². The number of aromatic nitrogens is 1. The Morgan fingerprint density at radius 3 is 2.69 bits per heavy atom. The van der Waals surface area contributed by atoms with Crippen molar-refractivity contribution in [3.8, 4) is 0 Å². The zero-order valence-corrected chi connectivity index (χ0v) is 15.2. The molecule has 1 aromatic carbocycles. The molecule has 2 heterocycles. The summed E-state index contributed by atoms with van der Waals surface area (Å²) in [5.41, 5.74) is 2.58. The fourth-order valence-corrected chi connectivity index (χ4v) is 3.07. The van der Waals surface area contributed by atoms with Crippen LogP contribution in [-0.2, 0) is 0 Å². The van der Waals surface area contributed by atoms with Crippen molar-refractivity contribution >= 4 is 23.1 Å². The fraction of sp³-hybridized carbons (Fsp3) is 0.333. The van der Waals surface area contributed by atoms with Gasteiger partial charge in [0, 0.05) is 42.8 Å². The second-order valence-electron chi connectivity index (χ2n) is 6.77. The van der Waals surface area contributed by atoms with Gasteiger partial charge in [0.25, 0.3) is 5.91 Å². The van der Waals surface area contributed by atoms with E-state index in [-0.39, 0.29) is 5.91 Å². The molecule has 0 saturated carbocycles. The van der Waals surface area contributed by atoms with Gasteiger partial charge in [0.2, 0.25) is 0 Å². The molecule has 3 rings (SSSR count). The molecule has 0 aliphatic carbocycles. The molecule has 1 aliphatic heterocycles. The Kier molecular flexibility index (Phi) is 5.89. The molecule has 1 aliphatic rings. The standard InChI is InChI=1S/C21H26N4O/c1-3-11-22-20-15-17(8-12-23-20)21(26)24-18-4-6-19(7-5-18)25-13-9-16(2)10-14-25/h3-8,12,15-16H,1,9-11,13-14H2,2H3,(H,22,23)(H,24,26). The number of carbonyl (C=O) groups is 1. The van der Waals surface area contributed by atoms with Crippen molar-refractivity contribution in [3.05, 3.63) is 60.8 Å². The van der Waals surface area contributed by atoms with Gasteiger partial charge in [-0.3, -0.25) is 4.79 Å². The van der Waals surface area contributed by atoms with Gasteiger partial charge in [-0.25, -0.2) is 4.98 Å². The zero-order chi connectivity index (χ0) is 18.4. The average molecular weight is 350 g/mol. The summed E-state index contributed by atoms with van der Waals surface area (Å²) in [7, 11) is 0. The summed E-state index contributed by atoms with van der Waals surface area (Å²) < 4.78 is 0. The van der Waals surface area contributed by atoms with Gasteiger partial charge < -0.3 is 15.5 Å². The van der Waals surface area contributed by atoms with E-state index in [1.165, 1.54) is 18.5 Å². The monoisotopic (exact) mass is 350 g/mol. The van der Waals surface area contributed by atoms with Gasteiger partial charge in [-0.15, -0.1) is 6.58 Å². The number of pyridine rings is 1. The average Bonchev–Trinajstić information content (AvgIpc) is 2.68. The fourth-order valence-electron chi connectivity index (χ4n) is 3.07. The van der Waals surface area contributed by atoms with Crippen molar-refractivity contribution < 1.29 is 4.79 Å². The highest BCUT2D eigenvalue weighted by molar-refractivity contribution is 6.04. The van der Waals surface area contributed by atoms with Crippen LogP contribution >= 0.6 is 0 Å². The summed E-state index contributed by atoms with van der Waals surface area (Å²) in [6.07, 6.45) is 5.85. The van der Waals surface area contributed by atoms with Crippen LogP contribution in [-0.4, -0.2) is 30.5 Å². The summed E-state index contributed by atoms with van der Waals surface area (Å²) in [4.78, 5) is 19.1. The SMILES string of the molecule is C=CCNc1cc(C(=O)Nc2ccc(N3CCC(C)CC3)cc2)ccn1. The third kappa shape index (κ3) is 4.63. The number of hydrogen-bond acceptors (Lipinski definition) is 4. The highest BCUT2D eigenvalue weighted by Crippen LogP contribution is 2.24. The minimum Gasteiger partial charge on any atom is -0.372 e. The van der Waals surface area contributed by atoms with E-state index in [0.717, 1.165) is 24.7 Å². The maximum absolute atomic E-state index is 12.5. The van der Waals surface area contributed by atoms with E-state index < -0.39 is 0 Å². The maximum atomic E-state index is 12.5. The van der Waals surface area contributed by atoms with Crippen molar-refractivity contribution in [2.45, 2.75) is 19.8 Å². The number of nitrogens with one attached hydrogen (secondary N) is 2. The normalized spacial score (nSPS) is 14.7. The number of nitrogens with zero attached hydrogens (tertiary/aromatic N) is 2. The third-order valence-corrected chi connectivity index (χ3v) is 4.72. The minimum atomic E-state index is -0.145. The summed E-state index contributed by atoms with van der Waals surface area (Å²) in [5, 5.41) is 6.03. The molecule has 0 bridgehead atoms. The van der Waals surface area contributed by atoms with E-state index in [0.29, 0.717) is 17.9 Å². The van der Waals surface area contributed by atoms with Crippen molar-refractivity contribution in [2.24, 2.45) is 5.92 Å². The third-order valence-electron chi connectivity index (χ3n) is 4.72. The Hall–Kier alpha value is -2.82. The Morgan fingerprint density at radius 2 is 2.00 bits per heavy atom. The number of hydrogen-bond donors (Lipinski definition) is 2. The van der Waals surface area contributed by atoms with Crippen LogP contribution < -0.4 is 15.5 Å². The zero-order valence-electron chi connectivity index (χ0n) is 15.2. The quantitative estimate of drug-likeness (QED) is 0.768. The molecule has 136 valence electrons. The van der Waals surface area contributed by atoms with Gasteiger partial charge in [-0.2, -0.15) is 0 Å². The molecular formula is C21H26N4O. The summed E-state index contributed by atoms with van der Waals surface area (Å²) in [6, 6.07) is 11.5. The van der Waals surface area contributed by atoms with E-state index in [4.69, 9.17) is 0 Å². The molecule has 0 radical (unpaired) electrons. The lowest BCUT2D eigenvalue weighted by Gasteiger charge is -2.32. The Balaban J connectivity index is 1.61. The van der Waals surface area contributed by atoms with Crippen LogP contribution in [0.4, 0.5) is 17.2 Å². The topological polar surface area (TPSA) is 57.3 Å². The number of rotatable bonds is 6. The highest BCUT2D eigenvalue weighted by atomic mass is 16.1. The number of benzene rings is 1. The number of carbonyl (C=O) groups excluding carboxylic acids is 1. The Labute approximate surface area is 155 Å². The molecule has 1 saturated heterocycles. The molecule has 1 aromatic heterocycles. The van der Waals surface area contributed by atoms with Gasteiger partial charge in [0.05, 0.1) is 0 Å². The molecule has 1 amide bonds. The lowest BCUT2D eigenvalue weighted by molar-refractivity contribution is 0.102. The van der Waals surface area contributed by atoms with Crippen LogP contribution in [0, 0.1) is 5.92 Å². The predicted molar refractivity (Wildman–Crippen MR) is 108 cm³/mol. The molecule has 5 nitrogen and oxygen atoms in total. The molecule has 26 heavy (non-hydrogen) atoms. The highest BCUT2D eigenvalue weighted by Gasteiger charge is 2.16. The molecule has 0 unspecified atom stereocenters. The first-order chi connectivity index (χ1) is 12.7. The molecule has 0 atom stereocenters. The smallest absolute Gasteiger partial charge is 0.255 e. The molecule has 1 fully saturated rings. The Bertz CT molecular complexity index is 749. The van der Waals surface area contributed by atoms with Crippen molar-refractivity contribution in [1.29, 1.82) is 0 Å². The van der Waals surface area contributed by atoms with Crippen molar-refractivity contribution in [3.63, 3.8) is 0 Å². The van der Waals surface area contributed by atoms with Crippen LogP contribution in [0.3, 0.4) is 0 Å². The van der Waals surface area contributed by atoms with Crippen molar-refractivity contribution in [2.75, 3.05) is 35.2 Å². The Morgan fingerprint density at radius 1 is 1.27 bits per heavy atom. The summed E-state index contributed by atoms with van der Waals surface area (Å²) in [5.74, 6) is 1.33. The first kappa shape index (κ1) is 18.0. The number of amides is 1. The van der Waals surface area contributed by atoms with Gasteiger partial charge in [0.1, 0.15) is 5.82 Å². The lowest BCUT2D eigenvalue weighted by atomic mass is 9.99. The van der Waals surface area contributed by atoms with Crippen LogP contribution in [0.15, 0.2) is 55.3 Å². The summed E-state index contributed by atoms with van der Waals surface area (Å²) in [6.45, 7) is 8.78. The first-order valence-electron chi connectivity index (χ1n) is 9.13. The largest absolute Gasteiger partial charge is 0.372 e. The van der Waals surface area contributed by atoms with E-state index >= 15 is 0 Å². The summed E-state index contributed by atoms with van der Waals surface area (Å²) >= 11 is 0. The lowest BCUT2D eigenvalue weighted by Crippen LogP contribution is -2.32. The van der Waals surface area contributed by atoms with Crippen LogP contribution in [0.2, 0.25) is 0 Å². The molecular weight excluding hydrogens is 324 g/mol. The van der Waals surface area contributed by atoms with E-state index in [1.54, 1.807) is 24.4 Å². The second kappa shape index (κ2) is 8.52.